The molecule has 0 saturated carbocycles. The molecule has 0 saturated heterocycles. The fourth-order valence-electron chi connectivity index (χ4n) is 2.40. The molecule has 0 aliphatic carbocycles. The Morgan fingerprint density at radius 3 is 2.71 bits per heavy atom. The van der Waals surface area contributed by atoms with Gasteiger partial charge in [-0.05, 0) is 18.9 Å². The number of carbonyl (C=O) groups is 1. The second-order valence-corrected chi connectivity index (χ2v) is 6.10. The Balaban J connectivity index is 1.90. The van der Waals surface area contributed by atoms with Gasteiger partial charge in [0.25, 0.3) is 0 Å². The summed E-state index contributed by atoms with van der Waals surface area (Å²) in [5.41, 5.74) is 0.229. The molecule has 0 spiro atoms. The number of urea groups is 1. The number of halogens is 2. The molecule has 2 N–H and O–H groups in total. The van der Waals surface area contributed by atoms with Crippen molar-refractivity contribution in [3.8, 4) is 0 Å². The summed E-state index contributed by atoms with van der Waals surface area (Å²) in [6.45, 7) is 6.92. The molecule has 5 nitrogen and oxygen atoms in total. The molecule has 2 aromatic rings. The van der Waals surface area contributed by atoms with Crippen LogP contribution >= 0.6 is 0 Å². The fraction of sp³-hybridized carbons (Fsp3) is 0.412. The van der Waals surface area contributed by atoms with Gasteiger partial charge in [-0.1, -0.05) is 19.9 Å². The Bertz CT molecular complexity index is 700. The summed E-state index contributed by atoms with van der Waals surface area (Å²) in [7, 11) is 0. The molecule has 1 atom stereocenters. The van der Waals surface area contributed by atoms with E-state index in [4.69, 9.17) is 0 Å². The maximum absolute atomic E-state index is 13.7. The van der Waals surface area contributed by atoms with Crippen LogP contribution in [-0.2, 0) is 13.1 Å². The van der Waals surface area contributed by atoms with Gasteiger partial charge in [0.05, 0.1) is 12.6 Å². The zero-order valence-electron chi connectivity index (χ0n) is 14.0. The third kappa shape index (κ3) is 4.78. The maximum Gasteiger partial charge on any atom is 0.315 e. The minimum absolute atomic E-state index is 0.229. The molecule has 0 aliphatic rings. The number of rotatable bonds is 6. The molecule has 24 heavy (non-hydrogen) atoms. The van der Waals surface area contributed by atoms with Crippen molar-refractivity contribution in [3.05, 3.63) is 53.6 Å². The van der Waals surface area contributed by atoms with Crippen molar-refractivity contribution in [2.24, 2.45) is 5.92 Å². The Labute approximate surface area is 140 Å². The SMILES string of the molecule is CC(C)Cn1ccnc1CNC(=O)NC(C)c1ccc(F)cc1F. The van der Waals surface area contributed by atoms with Gasteiger partial charge in [0.2, 0.25) is 0 Å². The van der Waals surface area contributed by atoms with Crippen LogP contribution in [0.1, 0.15) is 38.2 Å². The summed E-state index contributed by atoms with van der Waals surface area (Å²) in [4.78, 5) is 16.2. The molecule has 1 aromatic heterocycles. The third-order valence-corrected chi connectivity index (χ3v) is 3.55. The first kappa shape index (κ1) is 17.9. The van der Waals surface area contributed by atoms with Gasteiger partial charge in [-0.3, -0.25) is 0 Å². The van der Waals surface area contributed by atoms with Crippen LogP contribution in [0.3, 0.4) is 0 Å². The molecule has 0 bridgehead atoms. The van der Waals surface area contributed by atoms with Gasteiger partial charge >= 0.3 is 6.03 Å². The van der Waals surface area contributed by atoms with Gasteiger partial charge in [-0.15, -0.1) is 0 Å². The average Bonchev–Trinajstić information content (AvgIpc) is 2.91. The number of carbonyl (C=O) groups excluding carboxylic acids is 1. The molecule has 1 aromatic carbocycles. The highest BCUT2D eigenvalue weighted by Gasteiger charge is 2.14. The maximum atomic E-state index is 13.7. The Morgan fingerprint density at radius 2 is 2.04 bits per heavy atom. The van der Waals surface area contributed by atoms with Gasteiger partial charge in [0, 0.05) is 30.6 Å². The van der Waals surface area contributed by atoms with Crippen LogP contribution in [0, 0.1) is 17.6 Å². The molecule has 1 heterocycles. The standard InChI is InChI=1S/C17H22F2N4O/c1-11(2)10-23-7-6-20-16(23)9-21-17(24)22-12(3)14-5-4-13(18)8-15(14)19/h4-8,11-12H,9-10H2,1-3H3,(H2,21,22,24). The van der Waals surface area contributed by atoms with E-state index in [0.717, 1.165) is 24.5 Å². The molecular weight excluding hydrogens is 314 g/mol. The first-order valence-electron chi connectivity index (χ1n) is 7.86. The largest absolute Gasteiger partial charge is 0.333 e. The number of imidazole rings is 1. The zero-order valence-corrected chi connectivity index (χ0v) is 14.0. The summed E-state index contributed by atoms with van der Waals surface area (Å²) >= 11 is 0. The predicted octanol–water partition coefficient (Wildman–Crippen LogP) is 3.38. The molecule has 0 aliphatic heterocycles. The highest BCUT2D eigenvalue weighted by molar-refractivity contribution is 5.74. The number of hydrogen-bond donors (Lipinski definition) is 2. The topological polar surface area (TPSA) is 59.0 Å². The van der Waals surface area contributed by atoms with E-state index >= 15 is 0 Å². The van der Waals surface area contributed by atoms with Crippen molar-refractivity contribution >= 4 is 6.03 Å². The molecule has 0 radical (unpaired) electrons. The van der Waals surface area contributed by atoms with E-state index in [-0.39, 0.29) is 12.1 Å². The summed E-state index contributed by atoms with van der Waals surface area (Å²) in [6.07, 6.45) is 3.55. The monoisotopic (exact) mass is 336 g/mol. The highest BCUT2D eigenvalue weighted by Crippen LogP contribution is 2.17. The van der Waals surface area contributed by atoms with E-state index in [1.807, 2.05) is 10.8 Å². The molecule has 2 amide bonds. The van der Waals surface area contributed by atoms with E-state index in [0.29, 0.717) is 5.92 Å². The number of nitrogens with zero attached hydrogens (tertiary/aromatic N) is 2. The summed E-state index contributed by atoms with van der Waals surface area (Å²) in [6, 6.07) is 2.27. The first-order valence-corrected chi connectivity index (χ1v) is 7.86. The fourth-order valence-corrected chi connectivity index (χ4v) is 2.40. The minimum atomic E-state index is -0.685. The minimum Gasteiger partial charge on any atom is -0.333 e. The van der Waals surface area contributed by atoms with Crippen molar-refractivity contribution < 1.29 is 13.6 Å². The van der Waals surface area contributed by atoms with Gasteiger partial charge < -0.3 is 15.2 Å². The second kappa shape index (κ2) is 7.90. The lowest BCUT2D eigenvalue weighted by molar-refractivity contribution is 0.237. The lowest BCUT2D eigenvalue weighted by atomic mass is 10.1. The van der Waals surface area contributed by atoms with Crippen molar-refractivity contribution in [3.63, 3.8) is 0 Å². The Hall–Kier alpha value is -2.44. The molecule has 2 rings (SSSR count). The summed E-state index contributed by atoms with van der Waals surface area (Å²) in [5, 5.41) is 5.33. The lowest BCUT2D eigenvalue weighted by Gasteiger charge is -2.16. The average molecular weight is 336 g/mol. The van der Waals surface area contributed by atoms with Crippen LogP contribution in [0.5, 0.6) is 0 Å². The normalized spacial score (nSPS) is 12.2. The molecule has 130 valence electrons. The van der Waals surface area contributed by atoms with E-state index in [9.17, 15) is 13.6 Å². The van der Waals surface area contributed by atoms with Crippen LogP contribution in [0.2, 0.25) is 0 Å². The number of aromatic nitrogens is 2. The van der Waals surface area contributed by atoms with Crippen molar-refractivity contribution in [1.82, 2.24) is 20.2 Å². The van der Waals surface area contributed by atoms with Crippen LogP contribution in [0.4, 0.5) is 13.6 Å². The van der Waals surface area contributed by atoms with Crippen LogP contribution < -0.4 is 10.6 Å². The lowest BCUT2D eigenvalue weighted by Crippen LogP contribution is -2.37. The number of benzene rings is 1. The molecular formula is C17H22F2N4O. The van der Waals surface area contributed by atoms with Crippen molar-refractivity contribution in [2.45, 2.75) is 39.9 Å². The molecule has 7 heteroatoms. The number of amides is 2. The molecule has 1 unspecified atom stereocenters. The third-order valence-electron chi connectivity index (χ3n) is 3.55. The van der Waals surface area contributed by atoms with Crippen LogP contribution in [-0.4, -0.2) is 15.6 Å². The van der Waals surface area contributed by atoms with Gasteiger partial charge in [0.15, 0.2) is 0 Å². The Kier molecular flexibility index (Phi) is 5.89. The highest BCUT2D eigenvalue weighted by atomic mass is 19.1. The number of hydrogen-bond acceptors (Lipinski definition) is 2. The summed E-state index contributed by atoms with van der Waals surface area (Å²) < 4.78 is 28.6. The van der Waals surface area contributed by atoms with Gasteiger partial charge in [-0.25, -0.2) is 18.6 Å². The van der Waals surface area contributed by atoms with E-state index in [1.54, 1.807) is 13.1 Å². The van der Waals surface area contributed by atoms with E-state index < -0.39 is 23.7 Å². The second-order valence-electron chi connectivity index (χ2n) is 6.10. The predicted molar refractivity (Wildman–Crippen MR) is 87.2 cm³/mol. The van der Waals surface area contributed by atoms with Crippen LogP contribution in [0.25, 0.3) is 0 Å². The van der Waals surface area contributed by atoms with Gasteiger partial charge in [-0.2, -0.15) is 0 Å². The van der Waals surface area contributed by atoms with E-state index in [1.165, 1.54) is 6.07 Å². The van der Waals surface area contributed by atoms with Gasteiger partial charge in [0.1, 0.15) is 17.5 Å². The first-order chi connectivity index (χ1) is 11.4. The van der Waals surface area contributed by atoms with Crippen LogP contribution in [0.15, 0.2) is 30.6 Å². The quantitative estimate of drug-likeness (QED) is 0.850. The molecule has 0 fully saturated rings. The van der Waals surface area contributed by atoms with Crippen molar-refractivity contribution in [1.29, 1.82) is 0 Å². The number of nitrogens with one attached hydrogen (secondary N) is 2. The zero-order chi connectivity index (χ0) is 17.7. The Morgan fingerprint density at radius 1 is 1.29 bits per heavy atom. The smallest absolute Gasteiger partial charge is 0.315 e. The summed E-state index contributed by atoms with van der Waals surface area (Å²) in [5.74, 6) is -0.118. The van der Waals surface area contributed by atoms with Crippen molar-refractivity contribution in [2.75, 3.05) is 0 Å². The van der Waals surface area contributed by atoms with E-state index in [2.05, 4.69) is 29.5 Å².